The lowest BCUT2D eigenvalue weighted by Crippen LogP contribution is -1.99. The van der Waals surface area contributed by atoms with Gasteiger partial charge in [0, 0.05) is 22.7 Å². The normalized spacial score (nSPS) is 11.5. The fourth-order valence-corrected chi connectivity index (χ4v) is 4.05. The maximum Gasteiger partial charge on any atom is 0.323 e. The molecule has 0 aliphatic rings. The topological polar surface area (TPSA) is 87.6 Å². The third kappa shape index (κ3) is 2.46. The van der Waals surface area contributed by atoms with E-state index in [9.17, 15) is 4.79 Å². The van der Waals surface area contributed by atoms with Gasteiger partial charge in [-0.1, -0.05) is 22.8 Å². The average Bonchev–Trinajstić information content (AvgIpc) is 3.21. The lowest BCUT2D eigenvalue weighted by molar-refractivity contribution is 0.393. The number of rotatable bonds is 2. The van der Waals surface area contributed by atoms with E-state index in [0.29, 0.717) is 16.1 Å². The second-order valence-corrected chi connectivity index (χ2v) is 7.12. The number of aromatic nitrogens is 4. The third-order valence-corrected chi connectivity index (χ3v) is 5.27. The van der Waals surface area contributed by atoms with Gasteiger partial charge in [0.25, 0.3) is 0 Å². The van der Waals surface area contributed by atoms with Crippen LogP contribution in [0.3, 0.4) is 0 Å². The van der Waals surface area contributed by atoms with Crippen LogP contribution in [0.5, 0.6) is 0 Å². The second kappa shape index (κ2) is 6.07. The Bertz CT molecular complexity index is 1400. The summed E-state index contributed by atoms with van der Waals surface area (Å²) < 4.78 is 5.34. The lowest BCUT2D eigenvalue weighted by Gasteiger charge is -2.11. The number of fused-ring (bicyclic) bond motifs is 2. The number of halogens is 1. The molecule has 0 radical (unpaired) electrons. The van der Waals surface area contributed by atoms with Crippen LogP contribution in [0.1, 0.15) is 11.5 Å². The Hall–Kier alpha value is -3.38. The van der Waals surface area contributed by atoms with Gasteiger partial charge in [0.2, 0.25) is 0 Å². The summed E-state index contributed by atoms with van der Waals surface area (Å²) in [4.78, 5) is 22.2. The Balaban J connectivity index is 1.92. The Kier molecular flexibility index (Phi) is 3.64. The van der Waals surface area contributed by atoms with Crippen LogP contribution >= 0.6 is 11.6 Å². The van der Waals surface area contributed by atoms with Crippen molar-refractivity contribution in [1.82, 2.24) is 20.1 Å². The molecule has 28 heavy (non-hydrogen) atoms. The zero-order valence-corrected chi connectivity index (χ0v) is 15.9. The Labute approximate surface area is 164 Å². The van der Waals surface area contributed by atoms with Gasteiger partial charge < -0.3 is 14.5 Å². The molecule has 0 bridgehead atoms. The largest absolute Gasteiger partial charge is 0.361 e. The minimum absolute atomic E-state index is 0.267. The smallest absolute Gasteiger partial charge is 0.323 e. The zero-order chi connectivity index (χ0) is 19.4. The van der Waals surface area contributed by atoms with Crippen molar-refractivity contribution in [1.29, 1.82) is 0 Å². The van der Waals surface area contributed by atoms with Gasteiger partial charge in [-0.2, -0.15) is 0 Å². The summed E-state index contributed by atoms with van der Waals surface area (Å²) in [5.41, 5.74) is 6.30. The number of imidazole rings is 1. The highest BCUT2D eigenvalue weighted by molar-refractivity contribution is 6.36. The lowest BCUT2D eigenvalue weighted by atomic mass is 9.95. The van der Waals surface area contributed by atoms with Gasteiger partial charge in [0.05, 0.1) is 27.3 Å². The van der Waals surface area contributed by atoms with Crippen molar-refractivity contribution in [2.24, 2.45) is 0 Å². The van der Waals surface area contributed by atoms with Crippen molar-refractivity contribution in [3.05, 3.63) is 69.6 Å². The molecule has 2 N–H and O–H groups in total. The monoisotopic (exact) mass is 390 g/mol. The quantitative estimate of drug-likeness (QED) is 0.444. The number of hydrogen-bond acceptors (Lipinski definition) is 4. The molecule has 138 valence electrons. The number of aryl methyl sites for hydroxylation is 2. The molecule has 3 aromatic heterocycles. The van der Waals surface area contributed by atoms with Crippen molar-refractivity contribution in [3.8, 4) is 22.3 Å². The fourth-order valence-electron chi connectivity index (χ4n) is 3.78. The van der Waals surface area contributed by atoms with Crippen LogP contribution in [0.2, 0.25) is 5.02 Å². The molecule has 6 nitrogen and oxygen atoms in total. The molecule has 0 unspecified atom stereocenters. The van der Waals surface area contributed by atoms with E-state index in [4.69, 9.17) is 16.1 Å². The highest BCUT2D eigenvalue weighted by Gasteiger charge is 2.18. The molecule has 2 aromatic carbocycles. The summed E-state index contributed by atoms with van der Waals surface area (Å²) in [7, 11) is 0. The molecule has 3 heterocycles. The minimum Gasteiger partial charge on any atom is -0.361 e. The molecule has 5 rings (SSSR count). The first-order valence-electron chi connectivity index (χ1n) is 8.76. The van der Waals surface area contributed by atoms with Crippen molar-refractivity contribution >= 4 is 33.5 Å². The molecule has 7 heteroatoms. The van der Waals surface area contributed by atoms with E-state index in [0.717, 1.165) is 44.6 Å². The van der Waals surface area contributed by atoms with Gasteiger partial charge in [-0.3, -0.25) is 4.98 Å². The summed E-state index contributed by atoms with van der Waals surface area (Å²) in [6.07, 6.45) is 1.74. The SMILES string of the molecule is Cc1noc(C)c1-c1cc(-c2ccnc3cccc(Cl)c23)c2[nH]c(=O)[nH]c2c1. The van der Waals surface area contributed by atoms with Gasteiger partial charge in [0.15, 0.2) is 0 Å². The summed E-state index contributed by atoms with van der Waals surface area (Å²) >= 11 is 6.51. The average molecular weight is 391 g/mol. The van der Waals surface area contributed by atoms with Gasteiger partial charge in [0.1, 0.15) is 5.76 Å². The minimum atomic E-state index is -0.267. The molecular formula is C21H15ClN4O2. The zero-order valence-electron chi connectivity index (χ0n) is 15.1. The van der Waals surface area contributed by atoms with E-state index in [1.807, 2.05) is 50.2 Å². The van der Waals surface area contributed by atoms with E-state index < -0.39 is 0 Å². The highest BCUT2D eigenvalue weighted by Crippen LogP contribution is 2.39. The van der Waals surface area contributed by atoms with Crippen LogP contribution in [0, 0.1) is 13.8 Å². The van der Waals surface area contributed by atoms with Crippen LogP contribution in [0.4, 0.5) is 0 Å². The maximum atomic E-state index is 12.1. The molecule has 5 aromatic rings. The van der Waals surface area contributed by atoms with E-state index >= 15 is 0 Å². The van der Waals surface area contributed by atoms with E-state index in [1.165, 1.54) is 0 Å². The predicted octanol–water partition coefficient (Wildman–Crippen LogP) is 5.00. The first-order valence-corrected chi connectivity index (χ1v) is 9.13. The van der Waals surface area contributed by atoms with Crippen LogP contribution in [0.15, 0.2) is 51.9 Å². The first kappa shape index (κ1) is 16.8. The van der Waals surface area contributed by atoms with Crippen molar-refractivity contribution in [2.75, 3.05) is 0 Å². The molecule has 0 fully saturated rings. The van der Waals surface area contributed by atoms with Crippen LogP contribution < -0.4 is 5.69 Å². The second-order valence-electron chi connectivity index (χ2n) is 6.72. The number of H-pyrrole nitrogens is 2. The highest BCUT2D eigenvalue weighted by atomic mass is 35.5. The molecule has 0 amide bonds. The number of aromatic amines is 2. The number of hydrogen-bond donors (Lipinski definition) is 2. The summed E-state index contributed by atoms with van der Waals surface area (Å²) in [5, 5.41) is 5.50. The Morgan fingerprint density at radius 3 is 2.71 bits per heavy atom. The molecule has 0 spiro atoms. The summed E-state index contributed by atoms with van der Waals surface area (Å²) in [5.74, 6) is 0.721. The molecule has 0 aliphatic heterocycles. The van der Waals surface area contributed by atoms with Crippen molar-refractivity contribution in [2.45, 2.75) is 13.8 Å². The fraction of sp³-hybridized carbons (Fsp3) is 0.0952. The number of nitrogens with zero attached hydrogens (tertiary/aromatic N) is 2. The van der Waals surface area contributed by atoms with E-state index in [1.54, 1.807) is 6.20 Å². The molecular weight excluding hydrogens is 376 g/mol. The van der Waals surface area contributed by atoms with Crippen LogP contribution in [-0.2, 0) is 0 Å². The maximum absolute atomic E-state index is 12.1. The van der Waals surface area contributed by atoms with Crippen molar-refractivity contribution in [3.63, 3.8) is 0 Å². The van der Waals surface area contributed by atoms with Crippen LogP contribution in [0.25, 0.3) is 44.2 Å². The van der Waals surface area contributed by atoms with Gasteiger partial charge >= 0.3 is 5.69 Å². The molecule has 0 saturated carbocycles. The molecule has 0 saturated heterocycles. The van der Waals surface area contributed by atoms with E-state index in [-0.39, 0.29) is 5.69 Å². The standard InChI is InChI=1S/C21H15ClN4O2/c1-10-18(11(2)28-26-10)12-8-14(20-17(9-12)24-21(27)25-20)13-6-7-23-16-5-3-4-15(22)19(13)16/h3-9H,1-2H3,(H2,24,25,27). The van der Waals surface area contributed by atoms with Gasteiger partial charge in [-0.25, -0.2) is 4.79 Å². The van der Waals surface area contributed by atoms with Gasteiger partial charge in [-0.15, -0.1) is 0 Å². The van der Waals surface area contributed by atoms with Gasteiger partial charge in [-0.05, 0) is 55.3 Å². The molecule has 0 aliphatic carbocycles. The number of benzene rings is 2. The third-order valence-electron chi connectivity index (χ3n) is 4.95. The first-order chi connectivity index (χ1) is 13.5. The summed E-state index contributed by atoms with van der Waals surface area (Å²) in [6, 6.07) is 11.5. The van der Waals surface area contributed by atoms with Crippen molar-refractivity contribution < 1.29 is 4.52 Å². The summed E-state index contributed by atoms with van der Waals surface area (Å²) in [6.45, 7) is 3.77. The Morgan fingerprint density at radius 2 is 1.93 bits per heavy atom. The van der Waals surface area contributed by atoms with E-state index in [2.05, 4.69) is 20.1 Å². The predicted molar refractivity (Wildman–Crippen MR) is 110 cm³/mol. The Morgan fingerprint density at radius 1 is 1.07 bits per heavy atom. The molecule has 0 atom stereocenters. The number of nitrogens with one attached hydrogen (secondary N) is 2. The number of pyridine rings is 1. The van der Waals surface area contributed by atoms with Crippen LogP contribution in [-0.4, -0.2) is 20.1 Å².